The maximum Gasteiger partial charge on any atom is 0.270 e. The molecule has 0 bridgehead atoms. The molecule has 1 atom stereocenters. The number of anilines is 1. The highest BCUT2D eigenvalue weighted by molar-refractivity contribution is 6.30. The number of carbonyl (C=O) groups is 1. The normalized spacial score (nSPS) is 11.9. The molecule has 0 radical (unpaired) electrons. The number of nitrogen functional groups attached to an aromatic ring is 1. The first-order valence-corrected chi connectivity index (χ1v) is 6.75. The standard InChI is InChI=1S/C15H16ClN3O/c1-2-13(10-3-5-11(16)6-4-10)19-15(20)14-8-7-12(17)9-18-14/h3-9,13H,2,17H2,1H3,(H,19,20). The average Bonchev–Trinajstić information content (AvgIpc) is 2.46. The number of halogens is 1. The lowest BCUT2D eigenvalue weighted by Gasteiger charge is -2.17. The number of hydrogen-bond donors (Lipinski definition) is 2. The van der Waals surface area contributed by atoms with Gasteiger partial charge >= 0.3 is 0 Å². The second-order valence-corrected chi connectivity index (χ2v) is 4.90. The summed E-state index contributed by atoms with van der Waals surface area (Å²) >= 11 is 5.87. The summed E-state index contributed by atoms with van der Waals surface area (Å²) in [5, 5.41) is 3.63. The van der Waals surface area contributed by atoms with E-state index in [-0.39, 0.29) is 11.9 Å². The molecule has 104 valence electrons. The Bertz CT molecular complexity index is 581. The lowest BCUT2D eigenvalue weighted by molar-refractivity contribution is 0.0930. The van der Waals surface area contributed by atoms with E-state index < -0.39 is 0 Å². The highest BCUT2D eigenvalue weighted by atomic mass is 35.5. The van der Waals surface area contributed by atoms with Crippen molar-refractivity contribution in [3.8, 4) is 0 Å². The molecule has 2 aromatic rings. The molecule has 4 nitrogen and oxygen atoms in total. The lowest BCUT2D eigenvalue weighted by Crippen LogP contribution is -2.28. The number of aromatic nitrogens is 1. The van der Waals surface area contributed by atoms with Gasteiger partial charge in [0, 0.05) is 5.02 Å². The van der Waals surface area contributed by atoms with E-state index in [9.17, 15) is 4.79 Å². The fourth-order valence-corrected chi connectivity index (χ4v) is 2.01. The summed E-state index contributed by atoms with van der Waals surface area (Å²) in [5.41, 5.74) is 7.45. The van der Waals surface area contributed by atoms with Gasteiger partial charge in [0.05, 0.1) is 17.9 Å². The third kappa shape index (κ3) is 3.48. The van der Waals surface area contributed by atoms with Crippen molar-refractivity contribution >= 4 is 23.2 Å². The zero-order valence-corrected chi connectivity index (χ0v) is 11.9. The highest BCUT2D eigenvalue weighted by Crippen LogP contribution is 2.19. The molecule has 0 aliphatic rings. The number of nitrogens with two attached hydrogens (primary N) is 1. The van der Waals surface area contributed by atoms with Crippen molar-refractivity contribution in [1.82, 2.24) is 10.3 Å². The van der Waals surface area contributed by atoms with Crippen molar-refractivity contribution < 1.29 is 4.79 Å². The van der Waals surface area contributed by atoms with Crippen LogP contribution in [0.4, 0.5) is 5.69 Å². The van der Waals surface area contributed by atoms with Gasteiger partial charge in [0.15, 0.2) is 0 Å². The quantitative estimate of drug-likeness (QED) is 0.908. The fourth-order valence-electron chi connectivity index (χ4n) is 1.89. The lowest BCUT2D eigenvalue weighted by atomic mass is 10.0. The summed E-state index contributed by atoms with van der Waals surface area (Å²) in [7, 11) is 0. The van der Waals surface area contributed by atoms with Crippen LogP contribution in [0.5, 0.6) is 0 Å². The summed E-state index contributed by atoms with van der Waals surface area (Å²) in [6.45, 7) is 2.01. The number of pyridine rings is 1. The SMILES string of the molecule is CCC(NC(=O)c1ccc(N)cn1)c1ccc(Cl)cc1. The number of nitrogens with one attached hydrogen (secondary N) is 1. The van der Waals surface area contributed by atoms with Gasteiger partial charge in [-0.15, -0.1) is 0 Å². The monoisotopic (exact) mass is 289 g/mol. The van der Waals surface area contributed by atoms with Crippen LogP contribution in [0.2, 0.25) is 5.02 Å². The molecule has 1 aromatic carbocycles. The maximum atomic E-state index is 12.1. The van der Waals surface area contributed by atoms with Crippen LogP contribution in [0.1, 0.15) is 35.4 Å². The van der Waals surface area contributed by atoms with Crippen LogP contribution in [-0.4, -0.2) is 10.9 Å². The molecule has 20 heavy (non-hydrogen) atoms. The molecule has 5 heteroatoms. The minimum Gasteiger partial charge on any atom is -0.397 e. The number of hydrogen-bond acceptors (Lipinski definition) is 3. The van der Waals surface area contributed by atoms with Crippen molar-refractivity contribution in [3.05, 3.63) is 58.9 Å². The molecule has 0 fully saturated rings. The van der Waals surface area contributed by atoms with Crippen LogP contribution < -0.4 is 11.1 Å². The van der Waals surface area contributed by atoms with Gasteiger partial charge in [-0.1, -0.05) is 30.7 Å². The second kappa shape index (κ2) is 6.39. The minimum atomic E-state index is -0.216. The van der Waals surface area contributed by atoms with Crippen LogP contribution >= 0.6 is 11.6 Å². The third-order valence-electron chi connectivity index (χ3n) is 3.00. The van der Waals surface area contributed by atoms with E-state index in [1.165, 1.54) is 6.20 Å². The van der Waals surface area contributed by atoms with E-state index in [4.69, 9.17) is 17.3 Å². The summed E-state index contributed by atoms with van der Waals surface area (Å²) in [6, 6.07) is 10.6. The molecule has 0 saturated carbocycles. The molecular formula is C15H16ClN3O. The van der Waals surface area contributed by atoms with Crippen LogP contribution in [0.15, 0.2) is 42.6 Å². The zero-order valence-electron chi connectivity index (χ0n) is 11.1. The first-order valence-electron chi connectivity index (χ1n) is 6.38. The van der Waals surface area contributed by atoms with Crippen LogP contribution in [0.25, 0.3) is 0 Å². The predicted molar refractivity (Wildman–Crippen MR) is 80.6 cm³/mol. The first-order chi connectivity index (χ1) is 9.60. The van der Waals surface area contributed by atoms with Gasteiger partial charge in [-0.25, -0.2) is 4.98 Å². The number of nitrogens with zero attached hydrogens (tertiary/aromatic N) is 1. The van der Waals surface area contributed by atoms with Crippen molar-refractivity contribution in [2.75, 3.05) is 5.73 Å². The van der Waals surface area contributed by atoms with E-state index in [1.54, 1.807) is 12.1 Å². The Morgan fingerprint density at radius 3 is 2.55 bits per heavy atom. The Hall–Kier alpha value is -2.07. The summed E-state index contributed by atoms with van der Waals surface area (Å²) in [4.78, 5) is 16.1. The summed E-state index contributed by atoms with van der Waals surface area (Å²) < 4.78 is 0. The van der Waals surface area contributed by atoms with Gasteiger partial charge in [-0.2, -0.15) is 0 Å². The molecule has 1 aromatic heterocycles. The smallest absolute Gasteiger partial charge is 0.270 e. The molecule has 1 unspecified atom stereocenters. The van der Waals surface area contributed by atoms with Gasteiger partial charge in [-0.3, -0.25) is 4.79 Å². The third-order valence-corrected chi connectivity index (χ3v) is 3.26. The van der Waals surface area contributed by atoms with Gasteiger partial charge in [-0.05, 0) is 36.2 Å². The van der Waals surface area contributed by atoms with Crippen LogP contribution in [-0.2, 0) is 0 Å². The van der Waals surface area contributed by atoms with Crippen molar-refractivity contribution in [2.24, 2.45) is 0 Å². The Balaban J connectivity index is 2.11. The molecule has 0 aliphatic carbocycles. The largest absolute Gasteiger partial charge is 0.397 e. The molecule has 1 amide bonds. The summed E-state index contributed by atoms with van der Waals surface area (Å²) in [6.07, 6.45) is 2.25. The fraction of sp³-hybridized carbons (Fsp3) is 0.200. The van der Waals surface area contributed by atoms with E-state index in [0.717, 1.165) is 12.0 Å². The highest BCUT2D eigenvalue weighted by Gasteiger charge is 2.14. The molecular weight excluding hydrogens is 274 g/mol. The molecule has 0 aliphatic heterocycles. The molecule has 0 spiro atoms. The van der Waals surface area contributed by atoms with Gasteiger partial charge in [0.1, 0.15) is 5.69 Å². The molecule has 3 N–H and O–H groups in total. The first kappa shape index (κ1) is 14.3. The number of amides is 1. The number of benzene rings is 1. The second-order valence-electron chi connectivity index (χ2n) is 4.46. The summed E-state index contributed by atoms with van der Waals surface area (Å²) in [5.74, 6) is -0.216. The van der Waals surface area contributed by atoms with Crippen molar-refractivity contribution in [3.63, 3.8) is 0 Å². The maximum absolute atomic E-state index is 12.1. The topological polar surface area (TPSA) is 68.0 Å². The average molecular weight is 290 g/mol. The zero-order chi connectivity index (χ0) is 14.5. The van der Waals surface area contributed by atoms with Crippen LogP contribution in [0, 0.1) is 0 Å². The minimum absolute atomic E-state index is 0.0703. The number of rotatable bonds is 4. The number of carbonyl (C=O) groups excluding carboxylic acids is 1. The van der Waals surface area contributed by atoms with Gasteiger partial charge < -0.3 is 11.1 Å². The van der Waals surface area contributed by atoms with Gasteiger partial charge in [0.25, 0.3) is 5.91 Å². The van der Waals surface area contributed by atoms with Crippen molar-refractivity contribution in [2.45, 2.75) is 19.4 Å². The van der Waals surface area contributed by atoms with E-state index in [2.05, 4.69) is 10.3 Å². The predicted octanol–water partition coefficient (Wildman–Crippen LogP) is 3.20. The van der Waals surface area contributed by atoms with Crippen LogP contribution in [0.3, 0.4) is 0 Å². The Labute approximate surface area is 123 Å². The van der Waals surface area contributed by atoms with E-state index in [0.29, 0.717) is 16.4 Å². The van der Waals surface area contributed by atoms with Gasteiger partial charge in [0.2, 0.25) is 0 Å². The van der Waals surface area contributed by atoms with Crippen molar-refractivity contribution in [1.29, 1.82) is 0 Å². The molecule has 0 saturated heterocycles. The molecule has 2 rings (SSSR count). The molecule has 1 heterocycles. The van der Waals surface area contributed by atoms with E-state index in [1.807, 2.05) is 31.2 Å². The Morgan fingerprint density at radius 2 is 2.00 bits per heavy atom. The van der Waals surface area contributed by atoms with E-state index >= 15 is 0 Å². The Kier molecular flexibility index (Phi) is 4.58. The Morgan fingerprint density at radius 1 is 1.30 bits per heavy atom.